The number of rotatable bonds is 5. The number of nitrogens with zero attached hydrogens (tertiary/aromatic N) is 6. The average molecular weight is 417 g/mol. The molecule has 0 radical (unpaired) electrons. The number of ether oxygens (including phenoxy) is 1. The van der Waals surface area contributed by atoms with Crippen LogP contribution in [0.3, 0.4) is 0 Å². The lowest BCUT2D eigenvalue weighted by Gasteiger charge is -2.27. The zero-order valence-corrected chi connectivity index (χ0v) is 17.3. The van der Waals surface area contributed by atoms with Crippen molar-refractivity contribution in [3.8, 4) is 27.7 Å². The van der Waals surface area contributed by atoms with E-state index in [0.29, 0.717) is 5.82 Å². The van der Waals surface area contributed by atoms with E-state index in [0.717, 1.165) is 53.6 Å². The number of para-hydroxylation sites is 1. The van der Waals surface area contributed by atoms with Gasteiger partial charge in [0.05, 0.1) is 23.9 Å². The molecule has 1 aliphatic heterocycles. The lowest BCUT2D eigenvalue weighted by Crippen LogP contribution is -2.30. The fourth-order valence-electron chi connectivity index (χ4n) is 3.61. The zero-order valence-electron chi connectivity index (χ0n) is 16.5. The molecule has 4 heterocycles. The number of hydrogen-bond acceptors (Lipinski definition) is 8. The van der Waals surface area contributed by atoms with E-state index in [9.17, 15) is 0 Å². The van der Waals surface area contributed by atoms with Crippen LogP contribution in [0, 0.1) is 0 Å². The van der Waals surface area contributed by atoms with Crippen LogP contribution in [0.15, 0.2) is 55.4 Å². The maximum absolute atomic E-state index is 5.47. The Balaban J connectivity index is 1.30. The topological polar surface area (TPSA) is 76.9 Å². The molecule has 0 N–H and O–H groups in total. The van der Waals surface area contributed by atoms with E-state index in [4.69, 9.17) is 9.72 Å². The molecule has 0 spiro atoms. The van der Waals surface area contributed by atoms with Crippen molar-refractivity contribution in [2.45, 2.75) is 19.5 Å². The standard InChI is InChI=1S/C22H20N6OS/c1-29-20-5-3-2-4-18(20)22-26-11-17(30-22)13-28-7-6-19-16(12-28)10-25-21(27-19)15-8-23-14-24-9-15/h2-5,8-11,14H,6-7,12-13H2,1H3. The van der Waals surface area contributed by atoms with Crippen molar-refractivity contribution in [1.29, 1.82) is 0 Å². The summed E-state index contributed by atoms with van der Waals surface area (Å²) in [4.78, 5) is 25.7. The quantitative estimate of drug-likeness (QED) is 0.492. The summed E-state index contributed by atoms with van der Waals surface area (Å²) in [6.45, 7) is 2.65. The molecule has 30 heavy (non-hydrogen) atoms. The van der Waals surface area contributed by atoms with Gasteiger partial charge >= 0.3 is 0 Å². The second kappa shape index (κ2) is 8.25. The number of thiazole rings is 1. The third-order valence-electron chi connectivity index (χ3n) is 5.10. The predicted octanol–water partition coefficient (Wildman–Crippen LogP) is 3.62. The predicted molar refractivity (Wildman–Crippen MR) is 115 cm³/mol. The van der Waals surface area contributed by atoms with Crippen LogP contribution >= 0.6 is 11.3 Å². The van der Waals surface area contributed by atoms with Gasteiger partial charge in [0.1, 0.15) is 17.1 Å². The van der Waals surface area contributed by atoms with Crippen LogP contribution in [0.1, 0.15) is 16.1 Å². The molecule has 150 valence electrons. The molecule has 3 aromatic heterocycles. The lowest BCUT2D eigenvalue weighted by atomic mass is 10.1. The van der Waals surface area contributed by atoms with Crippen LogP contribution < -0.4 is 4.74 Å². The number of benzene rings is 1. The first-order chi connectivity index (χ1) is 14.8. The van der Waals surface area contributed by atoms with Gasteiger partial charge in [-0.25, -0.2) is 24.9 Å². The van der Waals surface area contributed by atoms with Crippen molar-refractivity contribution < 1.29 is 4.74 Å². The molecule has 0 saturated carbocycles. The Morgan fingerprint density at radius 1 is 1.07 bits per heavy atom. The highest BCUT2D eigenvalue weighted by Gasteiger charge is 2.20. The normalized spacial score (nSPS) is 13.8. The van der Waals surface area contributed by atoms with E-state index >= 15 is 0 Å². The molecule has 0 fully saturated rings. The molecule has 0 saturated heterocycles. The van der Waals surface area contributed by atoms with Gasteiger partial charge in [0.15, 0.2) is 5.82 Å². The van der Waals surface area contributed by atoms with E-state index in [2.05, 4.69) is 24.8 Å². The fraction of sp³-hybridized carbons (Fsp3) is 0.227. The summed E-state index contributed by atoms with van der Waals surface area (Å²) >= 11 is 1.71. The van der Waals surface area contributed by atoms with Crippen molar-refractivity contribution in [2.75, 3.05) is 13.7 Å². The molecule has 7 nitrogen and oxygen atoms in total. The van der Waals surface area contributed by atoms with Crippen LogP contribution in [0.4, 0.5) is 0 Å². The van der Waals surface area contributed by atoms with Crippen LogP contribution in [0.5, 0.6) is 5.75 Å². The molecule has 0 unspecified atom stereocenters. The van der Waals surface area contributed by atoms with Crippen molar-refractivity contribution in [3.63, 3.8) is 0 Å². The third kappa shape index (κ3) is 3.79. The van der Waals surface area contributed by atoms with Gasteiger partial charge in [-0.3, -0.25) is 4.90 Å². The third-order valence-corrected chi connectivity index (χ3v) is 6.12. The van der Waals surface area contributed by atoms with Gasteiger partial charge in [-0.15, -0.1) is 11.3 Å². The molecule has 0 aliphatic carbocycles. The average Bonchev–Trinajstić information content (AvgIpc) is 3.27. The Morgan fingerprint density at radius 3 is 2.80 bits per heavy atom. The lowest BCUT2D eigenvalue weighted by molar-refractivity contribution is 0.245. The van der Waals surface area contributed by atoms with Gasteiger partial charge < -0.3 is 4.74 Å². The van der Waals surface area contributed by atoms with Gasteiger partial charge in [-0.2, -0.15) is 0 Å². The highest BCUT2D eigenvalue weighted by Crippen LogP contribution is 2.33. The first kappa shape index (κ1) is 18.8. The molecular weight excluding hydrogens is 396 g/mol. The second-order valence-electron chi connectivity index (χ2n) is 7.09. The summed E-state index contributed by atoms with van der Waals surface area (Å²) < 4.78 is 5.47. The smallest absolute Gasteiger partial charge is 0.162 e. The summed E-state index contributed by atoms with van der Waals surface area (Å²) in [6.07, 6.45) is 9.80. The second-order valence-corrected chi connectivity index (χ2v) is 8.20. The maximum atomic E-state index is 5.47. The molecule has 0 atom stereocenters. The van der Waals surface area contributed by atoms with Crippen LogP contribution in [0.25, 0.3) is 22.0 Å². The van der Waals surface area contributed by atoms with Crippen LogP contribution in [0.2, 0.25) is 0 Å². The SMILES string of the molecule is COc1ccccc1-c1ncc(CN2CCc3nc(-c4cncnc4)ncc3C2)s1. The van der Waals surface area contributed by atoms with Crippen LogP contribution in [-0.4, -0.2) is 43.5 Å². The zero-order chi connectivity index (χ0) is 20.3. The molecule has 1 aliphatic rings. The highest BCUT2D eigenvalue weighted by atomic mass is 32.1. The van der Waals surface area contributed by atoms with E-state index in [1.54, 1.807) is 30.8 Å². The summed E-state index contributed by atoms with van der Waals surface area (Å²) in [6, 6.07) is 8.00. The molecule has 1 aromatic carbocycles. The van der Waals surface area contributed by atoms with Gasteiger partial charge in [0, 0.05) is 61.3 Å². The minimum absolute atomic E-state index is 0.687. The Kier molecular flexibility index (Phi) is 5.17. The van der Waals surface area contributed by atoms with Gasteiger partial charge in [0.25, 0.3) is 0 Å². The first-order valence-corrected chi connectivity index (χ1v) is 10.5. The Bertz CT molecular complexity index is 1160. The summed E-state index contributed by atoms with van der Waals surface area (Å²) in [5, 5.41) is 0.984. The van der Waals surface area contributed by atoms with Crippen molar-refractivity contribution >= 4 is 11.3 Å². The minimum Gasteiger partial charge on any atom is -0.496 e. The molecule has 0 bridgehead atoms. The minimum atomic E-state index is 0.687. The van der Waals surface area contributed by atoms with E-state index in [-0.39, 0.29) is 0 Å². The Labute approximate surface area is 178 Å². The number of aromatic nitrogens is 5. The summed E-state index contributed by atoms with van der Waals surface area (Å²) in [7, 11) is 1.69. The molecule has 8 heteroatoms. The van der Waals surface area contributed by atoms with Gasteiger partial charge in [-0.05, 0) is 12.1 Å². The molecule has 4 aromatic rings. The molecular formula is C22H20N6OS. The molecule has 0 amide bonds. The Hall–Kier alpha value is -3.23. The Morgan fingerprint density at radius 2 is 1.93 bits per heavy atom. The van der Waals surface area contributed by atoms with Crippen LogP contribution in [-0.2, 0) is 19.5 Å². The van der Waals surface area contributed by atoms with Gasteiger partial charge in [-0.1, -0.05) is 12.1 Å². The van der Waals surface area contributed by atoms with E-state index in [1.165, 1.54) is 16.8 Å². The largest absolute Gasteiger partial charge is 0.496 e. The van der Waals surface area contributed by atoms with Gasteiger partial charge in [0.2, 0.25) is 0 Å². The number of methoxy groups -OCH3 is 1. The van der Waals surface area contributed by atoms with Crippen molar-refractivity contribution in [3.05, 3.63) is 71.5 Å². The summed E-state index contributed by atoms with van der Waals surface area (Å²) in [5.74, 6) is 1.54. The van der Waals surface area contributed by atoms with E-state index < -0.39 is 0 Å². The summed E-state index contributed by atoms with van der Waals surface area (Å²) in [5.41, 5.74) is 4.16. The van der Waals surface area contributed by atoms with Crippen molar-refractivity contribution in [2.24, 2.45) is 0 Å². The number of fused-ring (bicyclic) bond motifs is 1. The first-order valence-electron chi connectivity index (χ1n) is 9.71. The fourth-order valence-corrected chi connectivity index (χ4v) is 4.59. The highest BCUT2D eigenvalue weighted by molar-refractivity contribution is 7.15. The number of hydrogen-bond donors (Lipinski definition) is 0. The maximum Gasteiger partial charge on any atom is 0.162 e. The van der Waals surface area contributed by atoms with E-state index in [1.807, 2.05) is 36.7 Å². The van der Waals surface area contributed by atoms with Crippen molar-refractivity contribution in [1.82, 2.24) is 29.8 Å². The monoisotopic (exact) mass is 416 g/mol. The molecule has 5 rings (SSSR count).